The van der Waals surface area contributed by atoms with Gasteiger partial charge in [-0.25, -0.2) is 0 Å². The van der Waals surface area contributed by atoms with Crippen molar-refractivity contribution in [1.82, 2.24) is 0 Å². The third kappa shape index (κ3) is 4.80. The van der Waals surface area contributed by atoms with Gasteiger partial charge < -0.3 is 4.18 Å². The molecule has 0 saturated carbocycles. The number of hydrogen-bond donors (Lipinski definition) is 0. The van der Waals surface area contributed by atoms with Gasteiger partial charge in [0, 0.05) is 23.3 Å². The van der Waals surface area contributed by atoms with Gasteiger partial charge in [0.15, 0.2) is 5.78 Å². The summed E-state index contributed by atoms with van der Waals surface area (Å²) in [4.78, 5) is 22.4. The minimum absolute atomic E-state index is 0.0755. The number of nitrogens with zero attached hydrogens (tertiary/aromatic N) is 1. The van der Waals surface area contributed by atoms with Crippen LogP contribution in [0.15, 0.2) is 78.9 Å². The molecular weight excluding hydrogens is 382 g/mol. The molecule has 0 saturated heterocycles. The zero-order valence-corrected chi connectivity index (χ0v) is 15.3. The molecule has 0 aliphatic carbocycles. The SMILES string of the molecule is O=C(c1ccccc1)c1ccc(OS(=O)(=O)Cc2ccc([N+](=O)[O-])cc2)cc1. The maximum Gasteiger partial charge on any atom is 0.313 e. The average molecular weight is 397 g/mol. The van der Waals surface area contributed by atoms with Crippen molar-refractivity contribution in [3.8, 4) is 5.75 Å². The number of benzene rings is 3. The second-order valence-corrected chi connectivity index (χ2v) is 7.50. The highest BCUT2D eigenvalue weighted by molar-refractivity contribution is 7.86. The molecule has 3 rings (SSSR count). The van der Waals surface area contributed by atoms with Crippen molar-refractivity contribution in [2.75, 3.05) is 0 Å². The molecule has 0 aliphatic rings. The number of rotatable bonds is 7. The van der Waals surface area contributed by atoms with Crippen LogP contribution < -0.4 is 4.18 Å². The third-order valence-electron chi connectivity index (χ3n) is 3.87. The number of hydrogen-bond acceptors (Lipinski definition) is 6. The molecule has 3 aromatic rings. The van der Waals surface area contributed by atoms with E-state index < -0.39 is 20.8 Å². The summed E-state index contributed by atoms with van der Waals surface area (Å²) in [6, 6.07) is 19.7. The Labute approximate surface area is 161 Å². The molecule has 0 N–H and O–H groups in total. The van der Waals surface area contributed by atoms with Crippen molar-refractivity contribution in [3.05, 3.63) is 106 Å². The number of nitro benzene ring substituents is 1. The summed E-state index contributed by atoms with van der Waals surface area (Å²) in [5.41, 5.74) is 1.18. The van der Waals surface area contributed by atoms with Crippen LogP contribution in [0.2, 0.25) is 0 Å². The van der Waals surface area contributed by atoms with Gasteiger partial charge in [0.05, 0.1) is 4.92 Å². The first-order valence-electron chi connectivity index (χ1n) is 8.19. The minimum atomic E-state index is -3.96. The van der Waals surface area contributed by atoms with Crippen molar-refractivity contribution in [1.29, 1.82) is 0 Å². The molecule has 0 fully saturated rings. The molecular formula is C20H15NO6S. The van der Waals surface area contributed by atoms with Crippen LogP contribution in [0, 0.1) is 10.1 Å². The quantitative estimate of drug-likeness (QED) is 0.260. The third-order valence-corrected chi connectivity index (χ3v) is 5.00. The number of carbonyl (C=O) groups is 1. The number of nitro groups is 1. The van der Waals surface area contributed by atoms with Crippen LogP contribution in [0.4, 0.5) is 5.69 Å². The molecule has 0 radical (unpaired) electrons. The molecule has 8 heteroatoms. The highest BCUT2D eigenvalue weighted by Gasteiger charge is 2.16. The predicted octanol–water partition coefficient (Wildman–Crippen LogP) is 3.73. The van der Waals surface area contributed by atoms with Crippen LogP contribution in [-0.4, -0.2) is 19.1 Å². The van der Waals surface area contributed by atoms with Crippen molar-refractivity contribution >= 4 is 21.6 Å². The van der Waals surface area contributed by atoms with Crippen molar-refractivity contribution in [2.24, 2.45) is 0 Å². The lowest BCUT2D eigenvalue weighted by molar-refractivity contribution is -0.384. The fraction of sp³-hybridized carbons (Fsp3) is 0.0500. The highest BCUT2D eigenvalue weighted by atomic mass is 32.2. The van der Waals surface area contributed by atoms with E-state index in [1.54, 1.807) is 24.3 Å². The van der Waals surface area contributed by atoms with Gasteiger partial charge in [0.25, 0.3) is 5.69 Å². The molecule has 0 unspecified atom stereocenters. The van der Waals surface area contributed by atoms with E-state index in [1.807, 2.05) is 6.07 Å². The van der Waals surface area contributed by atoms with E-state index in [1.165, 1.54) is 48.5 Å². The van der Waals surface area contributed by atoms with E-state index in [4.69, 9.17) is 4.18 Å². The standard InChI is InChI=1S/C20H15NO6S/c22-20(16-4-2-1-3-5-16)17-8-12-19(13-9-17)27-28(25,26)14-15-6-10-18(11-7-15)21(23)24/h1-13H,14H2. The summed E-state index contributed by atoms with van der Waals surface area (Å²) in [6.07, 6.45) is 0. The van der Waals surface area contributed by atoms with E-state index in [0.29, 0.717) is 16.7 Å². The van der Waals surface area contributed by atoms with Gasteiger partial charge >= 0.3 is 10.1 Å². The fourth-order valence-corrected chi connectivity index (χ4v) is 3.58. The van der Waals surface area contributed by atoms with E-state index in [2.05, 4.69) is 0 Å². The Kier molecular flexibility index (Phi) is 5.51. The summed E-state index contributed by atoms with van der Waals surface area (Å²) in [7, 11) is -3.96. The normalized spacial score (nSPS) is 11.0. The van der Waals surface area contributed by atoms with Gasteiger partial charge in [-0.1, -0.05) is 42.5 Å². The van der Waals surface area contributed by atoms with E-state index in [9.17, 15) is 23.3 Å². The first kappa shape index (κ1) is 19.2. The van der Waals surface area contributed by atoms with Gasteiger partial charge in [-0.15, -0.1) is 0 Å². The van der Waals surface area contributed by atoms with Crippen LogP contribution in [0.25, 0.3) is 0 Å². The molecule has 3 aromatic carbocycles. The van der Waals surface area contributed by atoms with Crippen molar-refractivity contribution in [3.63, 3.8) is 0 Å². The monoisotopic (exact) mass is 397 g/mol. The highest BCUT2D eigenvalue weighted by Crippen LogP contribution is 2.20. The molecule has 0 atom stereocenters. The van der Waals surface area contributed by atoms with Gasteiger partial charge in [-0.2, -0.15) is 8.42 Å². The second-order valence-electron chi connectivity index (χ2n) is 5.93. The molecule has 7 nitrogen and oxygen atoms in total. The van der Waals surface area contributed by atoms with Crippen molar-refractivity contribution in [2.45, 2.75) is 5.75 Å². The molecule has 0 aromatic heterocycles. The lowest BCUT2D eigenvalue weighted by atomic mass is 10.0. The Hall–Kier alpha value is -3.52. The zero-order chi connectivity index (χ0) is 20.1. The van der Waals surface area contributed by atoms with Crippen LogP contribution in [0.1, 0.15) is 21.5 Å². The topological polar surface area (TPSA) is 104 Å². The number of non-ortho nitro benzene ring substituents is 1. The van der Waals surface area contributed by atoms with Crippen LogP contribution >= 0.6 is 0 Å². The van der Waals surface area contributed by atoms with E-state index in [0.717, 1.165) is 0 Å². The fourth-order valence-electron chi connectivity index (χ4n) is 2.51. The number of carbonyl (C=O) groups excluding carboxylic acids is 1. The largest absolute Gasteiger partial charge is 0.382 e. The van der Waals surface area contributed by atoms with Gasteiger partial charge in [-0.05, 0) is 29.8 Å². The molecule has 0 amide bonds. The summed E-state index contributed by atoms with van der Waals surface area (Å²) in [5.74, 6) is -0.539. The maximum absolute atomic E-state index is 12.4. The Morgan fingerprint density at radius 2 is 1.43 bits per heavy atom. The van der Waals surface area contributed by atoms with Gasteiger partial charge in [0.1, 0.15) is 11.5 Å². The zero-order valence-electron chi connectivity index (χ0n) is 14.5. The minimum Gasteiger partial charge on any atom is -0.382 e. The second kappa shape index (κ2) is 8.01. The summed E-state index contributed by atoms with van der Waals surface area (Å²) >= 11 is 0. The summed E-state index contributed by atoms with van der Waals surface area (Å²) in [6.45, 7) is 0. The Morgan fingerprint density at radius 1 is 0.857 bits per heavy atom. The first-order valence-corrected chi connectivity index (χ1v) is 9.77. The maximum atomic E-state index is 12.4. The summed E-state index contributed by atoms with van der Waals surface area (Å²) < 4.78 is 29.5. The van der Waals surface area contributed by atoms with Gasteiger partial charge in [0.2, 0.25) is 0 Å². The lowest BCUT2D eigenvalue weighted by Crippen LogP contribution is -2.12. The molecule has 142 valence electrons. The molecule has 0 spiro atoms. The Bertz CT molecular complexity index is 1090. The van der Waals surface area contributed by atoms with Gasteiger partial charge in [-0.3, -0.25) is 14.9 Å². The average Bonchev–Trinajstić information content (AvgIpc) is 2.68. The predicted molar refractivity (Wildman–Crippen MR) is 103 cm³/mol. The van der Waals surface area contributed by atoms with E-state index in [-0.39, 0.29) is 17.2 Å². The van der Waals surface area contributed by atoms with Crippen LogP contribution in [0.5, 0.6) is 5.75 Å². The molecule has 0 aliphatic heterocycles. The Balaban J connectivity index is 1.68. The van der Waals surface area contributed by atoms with Crippen molar-refractivity contribution < 1.29 is 22.3 Å². The van der Waals surface area contributed by atoms with Crippen LogP contribution in [-0.2, 0) is 15.9 Å². The summed E-state index contributed by atoms with van der Waals surface area (Å²) in [5, 5.41) is 10.6. The molecule has 0 bridgehead atoms. The van der Waals surface area contributed by atoms with E-state index >= 15 is 0 Å². The molecule has 28 heavy (non-hydrogen) atoms. The first-order chi connectivity index (χ1) is 13.3. The molecule has 0 heterocycles. The lowest BCUT2D eigenvalue weighted by Gasteiger charge is -2.08. The number of ketones is 1. The smallest absolute Gasteiger partial charge is 0.313 e. The van der Waals surface area contributed by atoms with Crippen LogP contribution in [0.3, 0.4) is 0 Å². The Morgan fingerprint density at radius 3 is 2.00 bits per heavy atom.